The summed E-state index contributed by atoms with van der Waals surface area (Å²) < 4.78 is 0. The van der Waals surface area contributed by atoms with Crippen molar-refractivity contribution in [2.75, 3.05) is 0 Å². The Hall–Kier alpha value is -2.54. The molecule has 0 saturated heterocycles. The number of imide groups is 1. The van der Waals surface area contributed by atoms with Gasteiger partial charge in [-0.25, -0.2) is 0 Å². The molecule has 0 aliphatic carbocycles. The number of fused-ring (bicyclic) bond motifs is 1. The predicted octanol–water partition coefficient (Wildman–Crippen LogP) is 5.85. The molecule has 4 heterocycles. The zero-order valence-electron chi connectivity index (χ0n) is 14.7. The van der Waals surface area contributed by atoms with Crippen molar-refractivity contribution in [3.8, 4) is 0 Å². The molecule has 2 amide bonds. The molecule has 0 atom stereocenters. The highest BCUT2D eigenvalue weighted by molar-refractivity contribution is 7.13. The van der Waals surface area contributed by atoms with Gasteiger partial charge in [0, 0.05) is 14.6 Å². The molecule has 138 valence electrons. The van der Waals surface area contributed by atoms with Gasteiger partial charge in [0.05, 0.1) is 23.6 Å². The fraction of sp³-hybridized carbons (Fsp3) is 0.0909. The lowest BCUT2D eigenvalue weighted by atomic mass is 10.00. The van der Waals surface area contributed by atoms with Crippen molar-refractivity contribution in [3.63, 3.8) is 0 Å². The molecule has 28 heavy (non-hydrogen) atoms. The van der Waals surface area contributed by atoms with Crippen LogP contribution in [0.1, 0.15) is 46.8 Å². The second-order valence-corrected chi connectivity index (χ2v) is 9.42. The smallest absolute Gasteiger partial charge is 0.261 e. The summed E-state index contributed by atoms with van der Waals surface area (Å²) in [5, 5.41) is 6.23. The zero-order valence-corrected chi connectivity index (χ0v) is 17.2. The fourth-order valence-corrected chi connectivity index (χ4v) is 6.58. The standard InChI is InChI=1S/C22H15NO2S3/c24-21-15-5-1-2-6-16(15)22(25)23(21)13-14-9-12-28-20(14)19(17-7-3-10-26-17)18-8-4-11-27-18/h1-12,19H,13H2. The summed E-state index contributed by atoms with van der Waals surface area (Å²) in [7, 11) is 0. The maximum absolute atomic E-state index is 12.8. The second kappa shape index (κ2) is 7.13. The number of amides is 2. The Labute approximate surface area is 174 Å². The van der Waals surface area contributed by atoms with Crippen molar-refractivity contribution in [2.24, 2.45) is 0 Å². The molecule has 3 nitrogen and oxygen atoms in total. The highest BCUT2D eigenvalue weighted by Gasteiger charge is 2.36. The Morgan fingerprint density at radius 1 is 0.714 bits per heavy atom. The van der Waals surface area contributed by atoms with Gasteiger partial charge < -0.3 is 0 Å². The topological polar surface area (TPSA) is 37.4 Å². The number of nitrogens with zero attached hydrogens (tertiary/aromatic N) is 1. The summed E-state index contributed by atoms with van der Waals surface area (Å²) in [5.41, 5.74) is 2.03. The molecule has 0 spiro atoms. The van der Waals surface area contributed by atoms with E-state index in [9.17, 15) is 9.59 Å². The Balaban J connectivity index is 1.52. The first-order valence-corrected chi connectivity index (χ1v) is 11.5. The van der Waals surface area contributed by atoms with Gasteiger partial charge in [-0.2, -0.15) is 0 Å². The molecule has 4 aromatic rings. The van der Waals surface area contributed by atoms with Gasteiger partial charge in [-0.15, -0.1) is 34.0 Å². The van der Waals surface area contributed by atoms with Gasteiger partial charge in [0.15, 0.2) is 0 Å². The van der Waals surface area contributed by atoms with E-state index in [4.69, 9.17) is 0 Å². The van der Waals surface area contributed by atoms with Gasteiger partial charge in [0.1, 0.15) is 0 Å². The lowest BCUT2D eigenvalue weighted by Gasteiger charge is -2.18. The molecule has 6 heteroatoms. The minimum absolute atomic E-state index is 0.144. The first-order valence-electron chi connectivity index (χ1n) is 8.82. The van der Waals surface area contributed by atoms with E-state index in [0.717, 1.165) is 5.56 Å². The Morgan fingerprint density at radius 2 is 1.32 bits per heavy atom. The molecule has 1 aliphatic heterocycles. The van der Waals surface area contributed by atoms with Crippen LogP contribution in [0.2, 0.25) is 0 Å². The zero-order chi connectivity index (χ0) is 19.1. The highest BCUT2D eigenvalue weighted by atomic mass is 32.1. The van der Waals surface area contributed by atoms with E-state index < -0.39 is 0 Å². The maximum Gasteiger partial charge on any atom is 0.261 e. The average Bonchev–Trinajstić information content (AvgIpc) is 3.51. The Morgan fingerprint density at radius 3 is 1.86 bits per heavy atom. The quantitative estimate of drug-likeness (QED) is 0.379. The van der Waals surface area contributed by atoms with E-state index in [1.165, 1.54) is 19.5 Å². The molecule has 0 saturated carbocycles. The molecule has 3 aromatic heterocycles. The van der Waals surface area contributed by atoms with Gasteiger partial charge in [0.2, 0.25) is 0 Å². The van der Waals surface area contributed by atoms with Crippen LogP contribution in [0.4, 0.5) is 0 Å². The van der Waals surface area contributed by atoms with E-state index in [1.54, 1.807) is 58.3 Å². The molecule has 0 N–H and O–H groups in total. The Bertz CT molecular complexity index is 1070. The third-order valence-electron chi connectivity index (χ3n) is 4.90. The third kappa shape index (κ3) is 2.85. The van der Waals surface area contributed by atoms with Crippen LogP contribution in [0.3, 0.4) is 0 Å². The molecule has 0 radical (unpaired) electrons. The molecule has 0 bridgehead atoms. The number of thiophene rings is 3. The minimum atomic E-state index is -0.207. The van der Waals surface area contributed by atoms with E-state index in [-0.39, 0.29) is 17.7 Å². The van der Waals surface area contributed by atoms with Gasteiger partial charge in [-0.3, -0.25) is 14.5 Å². The van der Waals surface area contributed by atoms with E-state index in [2.05, 4.69) is 40.4 Å². The van der Waals surface area contributed by atoms with Crippen molar-refractivity contribution >= 4 is 45.8 Å². The molecule has 1 aromatic carbocycles. The summed E-state index contributed by atoms with van der Waals surface area (Å²) in [6.07, 6.45) is 0. The average molecular weight is 422 g/mol. The van der Waals surface area contributed by atoms with Crippen molar-refractivity contribution in [1.82, 2.24) is 4.90 Å². The number of hydrogen-bond acceptors (Lipinski definition) is 5. The van der Waals surface area contributed by atoms with Crippen LogP contribution in [0.25, 0.3) is 0 Å². The van der Waals surface area contributed by atoms with Crippen molar-refractivity contribution in [2.45, 2.75) is 12.5 Å². The van der Waals surface area contributed by atoms with Crippen molar-refractivity contribution in [3.05, 3.63) is 102 Å². The summed E-state index contributed by atoms with van der Waals surface area (Å²) >= 11 is 5.16. The van der Waals surface area contributed by atoms with Crippen LogP contribution in [-0.4, -0.2) is 16.7 Å². The lowest BCUT2D eigenvalue weighted by molar-refractivity contribution is 0.0642. The molecular formula is C22H15NO2S3. The molecule has 5 rings (SSSR count). The van der Waals surface area contributed by atoms with E-state index in [1.807, 2.05) is 6.07 Å². The molecular weight excluding hydrogens is 406 g/mol. The number of benzene rings is 1. The number of hydrogen-bond donors (Lipinski definition) is 0. The summed E-state index contributed by atoms with van der Waals surface area (Å²) in [4.78, 5) is 30.7. The minimum Gasteiger partial charge on any atom is -0.270 e. The first-order chi connectivity index (χ1) is 13.7. The maximum atomic E-state index is 12.8. The van der Waals surface area contributed by atoms with Gasteiger partial charge in [-0.1, -0.05) is 24.3 Å². The summed E-state index contributed by atoms with van der Waals surface area (Å²) in [6.45, 7) is 0.304. The second-order valence-electron chi connectivity index (χ2n) is 6.52. The molecule has 1 aliphatic rings. The van der Waals surface area contributed by atoms with Gasteiger partial charge in [-0.05, 0) is 52.0 Å². The SMILES string of the molecule is O=C1c2ccccc2C(=O)N1Cc1ccsc1C(c1cccs1)c1cccs1. The number of carbonyl (C=O) groups excluding carboxylic acids is 2. The van der Waals surface area contributed by atoms with Crippen molar-refractivity contribution in [1.29, 1.82) is 0 Å². The number of carbonyl (C=O) groups is 2. The van der Waals surface area contributed by atoms with Crippen LogP contribution in [0, 0.1) is 0 Å². The lowest BCUT2D eigenvalue weighted by Crippen LogP contribution is -2.29. The monoisotopic (exact) mass is 421 g/mol. The van der Waals surface area contributed by atoms with E-state index >= 15 is 0 Å². The van der Waals surface area contributed by atoms with Crippen LogP contribution in [0.5, 0.6) is 0 Å². The Kier molecular flexibility index (Phi) is 4.47. The summed E-state index contributed by atoms with van der Waals surface area (Å²) in [5.74, 6) is -0.270. The highest BCUT2D eigenvalue weighted by Crippen LogP contribution is 2.41. The van der Waals surface area contributed by atoms with Crippen LogP contribution < -0.4 is 0 Å². The number of rotatable bonds is 5. The van der Waals surface area contributed by atoms with Crippen molar-refractivity contribution < 1.29 is 9.59 Å². The fourth-order valence-electron chi connectivity index (χ4n) is 3.59. The van der Waals surface area contributed by atoms with E-state index in [0.29, 0.717) is 17.7 Å². The first kappa shape index (κ1) is 17.6. The van der Waals surface area contributed by atoms with Crippen LogP contribution >= 0.6 is 34.0 Å². The third-order valence-corrected chi connectivity index (χ3v) is 7.80. The molecule has 0 fully saturated rings. The largest absolute Gasteiger partial charge is 0.270 e. The van der Waals surface area contributed by atoms with Crippen LogP contribution in [-0.2, 0) is 6.54 Å². The van der Waals surface area contributed by atoms with Gasteiger partial charge >= 0.3 is 0 Å². The summed E-state index contributed by atoms with van der Waals surface area (Å²) in [6, 6.07) is 17.5. The predicted molar refractivity (Wildman–Crippen MR) is 115 cm³/mol. The normalized spacial score (nSPS) is 13.5. The molecule has 0 unspecified atom stereocenters. The van der Waals surface area contributed by atoms with Crippen LogP contribution in [0.15, 0.2) is 70.7 Å². The van der Waals surface area contributed by atoms with Gasteiger partial charge in [0.25, 0.3) is 11.8 Å².